The van der Waals surface area contributed by atoms with Gasteiger partial charge in [0.1, 0.15) is 0 Å². The number of methoxy groups -OCH3 is 1. The van der Waals surface area contributed by atoms with E-state index in [1.807, 2.05) is 35.2 Å². The van der Waals surface area contributed by atoms with Crippen LogP contribution < -0.4 is 0 Å². The number of carbonyl (C=O) groups is 1. The van der Waals surface area contributed by atoms with E-state index in [4.69, 9.17) is 4.74 Å². The van der Waals surface area contributed by atoms with E-state index >= 15 is 0 Å². The molecule has 0 fully saturated rings. The Labute approximate surface area is 195 Å². The van der Waals surface area contributed by atoms with Crippen LogP contribution in [-0.4, -0.2) is 52.3 Å². The number of aliphatic hydroxyl groups excluding tert-OH is 1. The summed E-state index contributed by atoms with van der Waals surface area (Å²) in [6.07, 6.45) is 7.05. The van der Waals surface area contributed by atoms with Crippen LogP contribution in [0.25, 0.3) is 0 Å². The number of hydrogen-bond donors (Lipinski definition) is 1. The molecule has 0 aliphatic heterocycles. The van der Waals surface area contributed by atoms with Crippen molar-refractivity contribution in [3.8, 4) is 0 Å². The number of ether oxygens (including phenoxy) is 1. The van der Waals surface area contributed by atoms with Gasteiger partial charge in [-0.15, -0.1) is 0 Å². The van der Waals surface area contributed by atoms with Gasteiger partial charge in [0.25, 0.3) is 0 Å². The molecular weight excluding hydrogens is 493 g/mol. The quantitative estimate of drug-likeness (QED) is 0.240. The molecule has 0 aliphatic rings. The number of unbranched alkanes of at least 4 members (excludes halogenated alkanes) is 3. The number of benzene rings is 1. The number of carbonyl (C=O) groups excluding carboxylic acids is 1. The van der Waals surface area contributed by atoms with Crippen LogP contribution in [0.5, 0.6) is 0 Å². The molecule has 1 amide bonds. The van der Waals surface area contributed by atoms with Crippen molar-refractivity contribution < 1.29 is 14.6 Å². The monoisotopic (exact) mass is 541 g/mol. The summed E-state index contributed by atoms with van der Waals surface area (Å²) in [5.74, 6) is 0.346. The van der Waals surface area contributed by atoms with Crippen molar-refractivity contribution >= 4 is 24.5 Å². The zero-order chi connectivity index (χ0) is 23.3. The van der Waals surface area contributed by atoms with Gasteiger partial charge in [-0.05, 0) is 0 Å². The molecule has 0 aromatic heterocycles. The van der Waals surface area contributed by atoms with Gasteiger partial charge in [0.05, 0.1) is 0 Å². The van der Waals surface area contributed by atoms with E-state index in [1.54, 1.807) is 0 Å². The molecule has 4 nitrogen and oxygen atoms in total. The van der Waals surface area contributed by atoms with Gasteiger partial charge in [0, 0.05) is 0 Å². The van der Waals surface area contributed by atoms with E-state index < -0.39 is 18.4 Å². The average molecular weight is 540 g/mol. The Morgan fingerprint density at radius 3 is 1.81 bits per heavy atom. The third-order valence-corrected chi connectivity index (χ3v) is 24.6. The molecule has 1 aromatic carbocycles. The van der Waals surface area contributed by atoms with Crippen LogP contribution in [0.3, 0.4) is 0 Å². The van der Waals surface area contributed by atoms with Gasteiger partial charge in [0.15, 0.2) is 0 Å². The van der Waals surface area contributed by atoms with E-state index in [0.29, 0.717) is 5.92 Å². The first kappa shape index (κ1) is 28.3. The SMILES string of the molecule is CCC[CH2][Sn]([CH2]CCC)([CH2]CCC)[C@@H](C(C)C)N(C(=O)OC)[C@@H](CO)c1ccccc1. The van der Waals surface area contributed by atoms with E-state index in [2.05, 4.69) is 34.6 Å². The standard InChI is InChI=1S/C14H20NO3.3C4H9.Sn/c1-11(2)9-15(14(17)18-3)13(10-16)12-7-5-4-6-8-12;3*1-3-4-2;/h4-9,11,13,16H,10H2,1-3H3;3*1,3-4H2,2H3;/t13-;;;;/m0..../s1. The van der Waals surface area contributed by atoms with Crippen molar-refractivity contribution in [2.75, 3.05) is 13.7 Å². The molecule has 5 heteroatoms. The number of aliphatic hydroxyl groups is 1. The minimum atomic E-state index is -2.87. The fraction of sp³-hybridized carbons (Fsp3) is 0.731. The zero-order valence-electron chi connectivity index (χ0n) is 20.9. The van der Waals surface area contributed by atoms with Crippen LogP contribution in [0.1, 0.15) is 84.7 Å². The molecule has 0 saturated heterocycles. The van der Waals surface area contributed by atoms with Crippen LogP contribution in [0, 0.1) is 5.92 Å². The van der Waals surface area contributed by atoms with Crippen LogP contribution >= 0.6 is 0 Å². The Bertz CT molecular complexity index is 586. The Morgan fingerprint density at radius 1 is 0.968 bits per heavy atom. The molecule has 31 heavy (non-hydrogen) atoms. The molecule has 178 valence electrons. The first-order valence-electron chi connectivity index (χ1n) is 12.4. The molecule has 0 unspecified atom stereocenters. The van der Waals surface area contributed by atoms with E-state index in [9.17, 15) is 9.90 Å². The van der Waals surface area contributed by atoms with E-state index in [-0.39, 0.29) is 22.8 Å². The number of rotatable bonds is 15. The molecule has 0 bridgehead atoms. The molecule has 2 atom stereocenters. The van der Waals surface area contributed by atoms with Crippen LogP contribution in [-0.2, 0) is 4.74 Å². The van der Waals surface area contributed by atoms with E-state index in [1.165, 1.54) is 58.9 Å². The Balaban J connectivity index is 3.62. The summed E-state index contributed by atoms with van der Waals surface area (Å²) < 4.78 is 9.52. The van der Waals surface area contributed by atoms with Gasteiger partial charge in [-0.2, -0.15) is 0 Å². The third-order valence-electron chi connectivity index (χ3n) is 6.72. The van der Waals surface area contributed by atoms with Crippen molar-refractivity contribution in [3.05, 3.63) is 35.9 Å². The maximum atomic E-state index is 13.3. The molecule has 0 heterocycles. The van der Waals surface area contributed by atoms with Gasteiger partial charge in [-0.25, -0.2) is 0 Å². The summed E-state index contributed by atoms with van der Waals surface area (Å²) in [5, 5.41) is 10.5. The van der Waals surface area contributed by atoms with Crippen LogP contribution in [0.2, 0.25) is 13.3 Å². The topological polar surface area (TPSA) is 49.8 Å². The Morgan fingerprint density at radius 2 is 1.45 bits per heavy atom. The number of amides is 1. The van der Waals surface area contributed by atoms with Crippen molar-refractivity contribution in [1.29, 1.82) is 0 Å². The van der Waals surface area contributed by atoms with E-state index in [0.717, 1.165) is 5.56 Å². The predicted octanol–water partition coefficient (Wildman–Crippen LogP) is 7.20. The molecule has 0 saturated carbocycles. The predicted molar refractivity (Wildman–Crippen MR) is 134 cm³/mol. The molecule has 1 rings (SSSR count). The van der Waals surface area contributed by atoms with Gasteiger partial charge in [-0.1, -0.05) is 0 Å². The molecule has 1 N–H and O–H groups in total. The molecule has 0 spiro atoms. The second-order valence-electron chi connectivity index (χ2n) is 9.35. The summed E-state index contributed by atoms with van der Waals surface area (Å²) >= 11 is -2.87. The second kappa shape index (κ2) is 15.2. The van der Waals surface area contributed by atoms with Crippen LogP contribution in [0.4, 0.5) is 4.79 Å². The summed E-state index contributed by atoms with van der Waals surface area (Å²) in [6, 6.07) is 9.64. The normalized spacial score (nSPS) is 13.8. The molecule has 0 aliphatic carbocycles. The zero-order valence-corrected chi connectivity index (χ0v) is 23.8. The summed E-state index contributed by atoms with van der Waals surface area (Å²) in [4.78, 5) is 15.3. The fourth-order valence-electron chi connectivity index (χ4n) is 5.30. The van der Waals surface area contributed by atoms with Crippen molar-refractivity contribution in [2.24, 2.45) is 5.92 Å². The molecule has 0 radical (unpaired) electrons. The average Bonchev–Trinajstić information content (AvgIpc) is 2.79. The Hall–Kier alpha value is -0.751. The van der Waals surface area contributed by atoms with Crippen molar-refractivity contribution in [3.63, 3.8) is 0 Å². The van der Waals surface area contributed by atoms with Gasteiger partial charge in [-0.3, -0.25) is 0 Å². The fourth-order valence-corrected chi connectivity index (χ4v) is 25.6. The number of nitrogens with zero attached hydrogens (tertiary/aromatic N) is 1. The summed E-state index contributed by atoms with van der Waals surface area (Å²) in [6.45, 7) is 11.3. The molecular formula is C26H47NO3Sn. The van der Waals surface area contributed by atoms with Gasteiger partial charge >= 0.3 is 196 Å². The van der Waals surface area contributed by atoms with Gasteiger partial charge < -0.3 is 0 Å². The first-order chi connectivity index (χ1) is 14.9. The first-order valence-corrected chi connectivity index (χ1v) is 20.1. The summed E-state index contributed by atoms with van der Waals surface area (Å²) in [5.41, 5.74) is 0.989. The summed E-state index contributed by atoms with van der Waals surface area (Å²) in [7, 11) is 1.48. The minimum absolute atomic E-state index is 0.0837. The maximum absolute atomic E-state index is 13.3. The van der Waals surface area contributed by atoms with Crippen LogP contribution in [0.15, 0.2) is 30.3 Å². The number of hydrogen-bond acceptors (Lipinski definition) is 3. The van der Waals surface area contributed by atoms with Gasteiger partial charge in [0.2, 0.25) is 0 Å². The second-order valence-corrected chi connectivity index (χ2v) is 23.1. The van der Waals surface area contributed by atoms with Crippen molar-refractivity contribution in [1.82, 2.24) is 4.90 Å². The molecule has 1 aromatic rings. The third kappa shape index (κ3) is 7.96. The van der Waals surface area contributed by atoms with Crippen molar-refractivity contribution in [2.45, 2.75) is 96.6 Å². The Kier molecular flexibility index (Phi) is 13.8.